The third-order valence-electron chi connectivity index (χ3n) is 5.51. The normalized spacial score (nSPS) is 26.7. The average molecular weight is 338 g/mol. The Hall–Kier alpha value is -1.88. The largest absolute Gasteiger partial charge is 0.491 e. The minimum absolute atomic E-state index is 0.0696. The van der Waals surface area contributed by atoms with Crippen molar-refractivity contribution < 1.29 is 9.84 Å². The van der Waals surface area contributed by atoms with Gasteiger partial charge in [0.25, 0.3) is 0 Å². The van der Waals surface area contributed by atoms with Crippen molar-refractivity contribution in [2.75, 3.05) is 19.8 Å². The van der Waals surface area contributed by atoms with E-state index < -0.39 is 0 Å². The van der Waals surface area contributed by atoms with Crippen LogP contribution in [-0.2, 0) is 0 Å². The maximum Gasteiger partial charge on any atom is 0.124 e. The topological polar surface area (TPSA) is 53.5 Å². The summed E-state index contributed by atoms with van der Waals surface area (Å²) >= 11 is 0. The van der Waals surface area contributed by atoms with Crippen molar-refractivity contribution in [1.82, 2.24) is 10.6 Å². The van der Waals surface area contributed by atoms with Crippen LogP contribution in [-0.4, -0.2) is 30.4 Å². The predicted molar refractivity (Wildman–Crippen MR) is 98.7 cm³/mol. The summed E-state index contributed by atoms with van der Waals surface area (Å²) in [7, 11) is 0. The number of aliphatic hydroxyl groups is 1. The standard InChI is InChI=1S/C21H26N2O2/c24-14-18(16-8-2-1-3-9-16)23-21-12-6-7-13-22-20(21)17-10-4-5-11-19(17)25-15-21/h1-5,8-11,18,20,22-24H,6-7,12-15H2/t18-,20+,21+/m0/s1. The van der Waals surface area contributed by atoms with Crippen molar-refractivity contribution in [2.45, 2.75) is 36.9 Å². The molecule has 0 bridgehead atoms. The van der Waals surface area contributed by atoms with E-state index in [1.165, 1.54) is 5.56 Å². The molecule has 0 unspecified atom stereocenters. The number of para-hydroxylation sites is 1. The predicted octanol–water partition coefficient (Wildman–Crippen LogP) is 2.96. The fourth-order valence-electron chi connectivity index (χ4n) is 4.24. The molecule has 2 heterocycles. The van der Waals surface area contributed by atoms with E-state index in [4.69, 9.17) is 4.74 Å². The fourth-order valence-corrected chi connectivity index (χ4v) is 4.24. The van der Waals surface area contributed by atoms with E-state index >= 15 is 0 Å². The molecule has 2 aromatic rings. The lowest BCUT2D eigenvalue weighted by Crippen LogP contribution is -2.60. The Bertz CT molecular complexity index is 706. The van der Waals surface area contributed by atoms with E-state index in [0.717, 1.165) is 37.1 Å². The van der Waals surface area contributed by atoms with Crippen LogP contribution in [0.4, 0.5) is 0 Å². The molecular weight excluding hydrogens is 312 g/mol. The molecule has 2 aromatic carbocycles. The Morgan fingerprint density at radius 1 is 1.12 bits per heavy atom. The van der Waals surface area contributed by atoms with Gasteiger partial charge in [0.05, 0.1) is 24.2 Å². The molecule has 0 spiro atoms. The first-order chi connectivity index (χ1) is 12.3. The van der Waals surface area contributed by atoms with Gasteiger partial charge in [0.2, 0.25) is 0 Å². The van der Waals surface area contributed by atoms with Crippen LogP contribution in [0.1, 0.15) is 42.5 Å². The average Bonchev–Trinajstić information content (AvgIpc) is 2.90. The zero-order valence-corrected chi connectivity index (χ0v) is 14.4. The smallest absolute Gasteiger partial charge is 0.124 e. The summed E-state index contributed by atoms with van der Waals surface area (Å²) in [5, 5.41) is 17.6. The zero-order valence-electron chi connectivity index (χ0n) is 14.4. The summed E-state index contributed by atoms with van der Waals surface area (Å²) in [6.45, 7) is 1.70. The van der Waals surface area contributed by atoms with Gasteiger partial charge in [0.15, 0.2) is 0 Å². The van der Waals surface area contributed by atoms with E-state index in [1.807, 2.05) is 30.3 Å². The van der Waals surface area contributed by atoms with E-state index in [1.54, 1.807) is 0 Å². The molecule has 4 nitrogen and oxygen atoms in total. The van der Waals surface area contributed by atoms with Crippen LogP contribution in [0.5, 0.6) is 5.75 Å². The van der Waals surface area contributed by atoms with Gasteiger partial charge in [-0.25, -0.2) is 0 Å². The Morgan fingerprint density at radius 3 is 2.76 bits per heavy atom. The van der Waals surface area contributed by atoms with E-state index in [2.05, 4.69) is 34.9 Å². The fraction of sp³-hybridized carbons (Fsp3) is 0.429. The Balaban J connectivity index is 1.69. The lowest BCUT2D eigenvalue weighted by molar-refractivity contribution is 0.0827. The van der Waals surface area contributed by atoms with E-state index in [-0.39, 0.29) is 24.2 Å². The van der Waals surface area contributed by atoms with Crippen molar-refractivity contribution in [3.05, 3.63) is 65.7 Å². The van der Waals surface area contributed by atoms with Gasteiger partial charge in [0.1, 0.15) is 12.4 Å². The van der Waals surface area contributed by atoms with Gasteiger partial charge in [-0.2, -0.15) is 0 Å². The molecule has 25 heavy (non-hydrogen) atoms. The molecule has 2 aliphatic rings. The van der Waals surface area contributed by atoms with Gasteiger partial charge in [-0.3, -0.25) is 5.32 Å². The molecule has 0 amide bonds. The minimum Gasteiger partial charge on any atom is -0.491 e. The van der Waals surface area contributed by atoms with E-state index in [9.17, 15) is 5.11 Å². The molecule has 0 radical (unpaired) electrons. The summed E-state index contributed by atoms with van der Waals surface area (Å²) in [5.74, 6) is 0.972. The van der Waals surface area contributed by atoms with Gasteiger partial charge >= 0.3 is 0 Å². The Kier molecular flexibility index (Phi) is 4.75. The lowest BCUT2D eigenvalue weighted by atomic mass is 9.79. The molecule has 0 saturated carbocycles. The number of aliphatic hydroxyl groups excluding tert-OH is 1. The SMILES string of the molecule is OC[C@H](N[C@@]12CCCCN[C@@H]1c1ccccc1OC2)c1ccccc1. The summed E-state index contributed by atoms with van der Waals surface area (Å²) in [4.78, 5) is 0. The van der Waals surface area contributed by atoms with Crippen LogP contribution < -0.4 is 15.4 Å². The molecule has 3 N–H and O–H groups in total. The highest BCUT2D eigenvalue weighted by atomic mass is 16.5. The Labute approximate surface area is 149 Å². The quantitative estimate of drug-likeness (QED) is 0.802. The minimum atomic E-state index is -0.214. The summed E-state index contributed by atoms with van der Waals surface area (Å²) in [5.41, 5.74) is 2.11. The van der Waals surface area contributed by atoms with Crippen LogP contribution >= 0.6 is 0 Å². The second-order valence-electron chi connectivity index (χ2n) is 7.12. The van der Waals surface area contributed by atoms with Crippen LogP contribution in [0.25, 0.3) is 0 Å². The monoisotopic (exact) mass is 338 g/mol. The molecular formula is C21H26N2O2. The summed E-state index contributed by atoms with van der Waals surface area (Å²) < 4.78 is 6.15. The number of rotatable bonds is 4. The first kappa shape index (κ1) is 16.6. The first-order valence-corrected chi connectivity index (χ1v) is 9.21. The number of nitrogens with one attached hydrogen (secondary N) is 2. The molecule has 3 atom stereocenters. The first-order valence-electron chi connectivity index (χ1n) is 9.21. The van der Waals surface area contributed by atoms with Crippen LogP contribution in [0, 0.1) is 0 Å². The number of ether oxygens (including phenoxy) is 1. The number of hydrogen-bond acceptors (Lipinski definition) is 4. The van der Waals surface area contributed by atoms with Gasteiger partial charge in [-0.1, -0.05) is 55.0 Å². The van der Waals surface area contributed by atoms with Gasteiger partial charge in [-0.05, 0) is 31.0 Å². The molecule has 132 valence electrons. The summed E-state index contributed by atoms with van der Waals surface area (Å²) in [6.07, 6.45) is 3.34. The highest BCUT2D eigenvalue weighted by Crippen LogP contribution is 2.42. The van der Waals surface area contributed by atoms with Crippen LogP contribution in [0.3, 0.4) is 0 Å². The lowest BCUT2D eigenvalue weighted by Gasteiger charge is -2.46. The van der Waals surface area contributed by atoms with Gasteiger partial charge < -0.3 is 15.2 Å². The Morgan fingerprint density at radius 2 is 1.92 bits per heavy atom. The molecule has 1 fully saturated rings. The second kappa shape index (κ2) is 7.16. The third-order valence-corrected chi connectivity index (χ3v) is 5.51. The summed E-state index contributed by atoms with van der Waals surface area (Å²) in [6, 6.07) is 18.6. The van der Waals surface area contributed by atoms with Crippen molar-refractivity contribution in [3.63, 3.8) is 0 Å². The number of hydrogen-bond donors (Lipinski definition) is 3. The maximum atomic E-state index is 10.0. The van der Waals surface area contributed by atoms with Crippen LogP contribution in [0.15, 0.2) is 54.6 Å². The highest BCUT2D eigenvalue weighted by Gasteiger charge is 2.46. The van der Waals surface area contributed by atoms with Crippen molar-refractivity contribution in [1.29, 1.82) is 0 Å². The second-order valence-corrected chi connectivity index (χ2v) is 7.12. The number of benzene rings is 2. The molecule has 4 rings (SSSR count). The molecule has 0 aromatic heterocycles. The van der Waals surface area contributed by atoms with Crippen molar-refractivity contribution in [3.8, 4) is 5.75 Å². The van der Waals surface area contributed by atoms with E-state index in [0.29, 0.717) is 6.61 Å². The highest BCUT2D eigenvalue weighted by molar-refractivity contribution is 5.41. The molecule has 1 saturated heterocycles. The molecule has 0 aliphatic carbocycles. The van der Waals surface area contributed by atoms with Crippen molar-refractivity contribution in [2.24, 2.45) is 0 Å². The molecule has 4 heteroatoms. The number of fused-ring (bicyclic) bond motifs is 3. The van der Waals surface area contributed by atoms with Gasteiger partial charge in [-0.15, -0.1) is 0 Å². The molecule has 2 aliphatic heterocycles. The van der Waals surface area contributed by atoms with Gasteiger partial charge in [0, 0.05) is 5.56 Å². The van der Waals surface area contributed by atoms with Crippen LogP contribution in [0.2, 0.25) is 0 Å². The maximum absolute atomic E-state index is 10.0. The van der Waals surface area contributed by atoms with Crippen molar-refractivity contribution >= 4 is 0 Å². The third kappa shape index (κ3) is 3.17. The zero-order chi connectivity index (χ0) is 17.1.